The summed E-state index contributed by atoms with van der Waals surface area (Å²) in [5, 5.41) is 3.41. The predicted molar refractivity (Wildman–Crippen MR) is 79.9 cm³/mol. The molecule has 110 valence electrons. The van der Waals surface area contributed by atoms with Crippen LogP contribution in [0, 0.1) is 0 Å². The first kappa shape index (κ1) is 14.8. The summed E-state index contributed by atoms with van der Waals surface area (Å²) >= 11 is 0. The first-order chi connectivity index (χ1) is 9.79. The Bertz CT molecular complexity index is 446. The summed E-state index contributed by atoms with van der Waals surface area (Å²) in [7, 11) is 0. The monoisotopic (exact) mass is 276 g/mol. The third kappa shape index (κ3) is 4.51. The van der Waals surface area contributed by atoms with Crippen molar-refractivity contribution in [1.82, 2.24) is 4.98 Å². The highest BCUT2D eigenvalue weighted by Gasteiger charge is 2.09. The van der Waals surface area contributed by atoms with Gasteiger partial charge in [-0.1, -0.05) is 6.07 Å². The lowest BCUT2D eigenvalue weighted by atomic mass is 10.1. The van der Waals surface area contributed by atoms with E-state index in [1.54, 1.807) is 0 Å². The molecule has 20 heavy (non-hydrogen) atoms. The zero-order valence-corrected chi connectivity index (χ0v) is 12.3. The van der Waals surface area contributed by atoms with Gasteiger partial charge in [-0.2, -0.15) is 0 Å². The lowest BCUT2D eigenvalue weighted by Crippen LogP contribution is -2.05. The van der Waals surface area contributed by atoms with Crippen LogP contribution in [-0.4, -0.2) is 24.1 Å². The number of carbonyl (C=O) groups excluding carboxylic acids is 1. The van der Waals surface area contributed by atoms with Gasteiger partial charge < -0.3 is 10.1 Å². The molecule has 1 aromatic heterocycles. The molecule has 2 rings (SSSR count). The molecule has 4 heteroatoms. The Labute approximate surface area is 120 Å². The summed E-state index contributed by atoms with van der Waals surface area (Å²) in [4.78, 5) is 15.9. The number of carbonyl (C=O) groups is 1. The van der Waals surface area contributed by atoms with Crippen LogP contribution in [0.25, 0.3) is 0 Å². The molecular formula is C16H24N2O2. The summed E-state index contributed by atoms with van der Waals surface area (Å²) in [5.74, 6) is 0.967. The van der Waals surface area contributed by atoms with E-state index in [4.69, 9.17) is 9.72 Å². The molecule has 1 N–H and O–H groups in total. The summed E-state index contributed by atoms with van der Waals surface area (Å²) < 4.78 is 4.92. The number of aryl methyl sites for hydroxylation is 2. The van der Waals surface area contributed by atoms with Gasteiger partial charge in [0.1, 0.15) is 5.82 Å². The molecule has 0 atom stereocenters. The minimum absolute atomic E-state index is 0.0935. The van der Waals surface area contributed by atoms with Gasteiger partial charge >= 0.3 is 5.97 Å². The fourth-order valence-electron chi connectivity index (χ4n) is 2.48. The zero-order valence-electron chi connectivity index (χ0n) is 12.3. The molecule has 0 amide bonds. The minimum atomic E-state index is -0.0935. The summed E-state index contributed by atoms with van der Waals surface area (Å²) in [6.45, 7) is 3.33. The molecule has 1 aliphatic heterocycles. The van der Waals surface area contributed by atoms with Gasteiger partial charge in [0.25, 0.3) is 0 Å². The Morgan fingerprint density at radius 2 is 2.25 bits per heavy atom. The first-order valence-electron chi connectivity index (χ1n) is 7.68. The van der Waals surface area contributed by atoms with Gasteiger partial charge in [0.15, 0.2) is 0 Å². The molecule has 0 spiro atoms. The number of nitrogens with zero attached hydrogens (tertiary/aromatic N) is 1. The van der Waals surface area contributed by atoms with Crippen molar-refractivity contribution in [2.24, 2.45) is 0 Å². The van der Waals surface area contributed by atoms with Crippen LogP contribution in [0.1, 0.15) is 50.3 Å². The van der Waals surface area contributed by atoms with Gasteiger partial charge in [0.2, 0.25) is 0 Å². The molecule has 4 nitrogen and oxygen atoms in total. The minimum Gasteiger partial charge on any atom is -0.466 e. The van der Waals surface area contributed by atoms with Crippen molar-refractivity contribution in [1.29, 1.82) is 0 Å². The van der Waals surface area contributed by atoms with Crippen molar-refractivity contribution in [2.75, 3.05) is 18.5 Å². The van der Waals surface area contributed by atoms with Crippen LogP contribution in [-0.2, 0) is 22.4 Å². The van der Waals surface area contributed by atoms with Crippen LogP contribution in [0.15, 0.2) is 12.1 Å². The number of unbranched alkanes of at least 4 members (excludes halogenated alkanes) is 1. The third-order valence-corrected chi connectivity index (χ3v) is 3.57. The van der Waals surface area contributed by atoms with Crippen LogP contribution < -0.4 is 5.32 Å². The zero-order chi connectivity index (χ0) is 14.2. The van der Waals surface area contributed by atoms with E-state index in [0.717, 1.165) is 43.7 Å². The second kappa shape index (κ2) is 7.88. The van der Waals surface area contributed by atoms with E-state index in [1.165, 1.54) is 18.4 Å². The number of esters is 1. The highest BCUT2D eigenvalue weighted by Crippen LogP contribution is 2.20. The van der Waals surface area contributed by atoms with Crippen molar-refractivity contribution in [2.45, 2.75) is 51.9 Å². The molecule has 0 saturated carbocycles. The second-order valence-electron chi connectivity index (χ2n) is 5.21. The van der Waals surface area contributed by atoms with Gasteiger partial charge in [0, 0.05) is 18.7 Å². The number of ether oxygens (including phenoxy) is 1. The molecule has 0 bridgehead atoms. The van der Waals surface area contributed by atoms with Gasteiger partial charge in [-0.3, -0.25) is 4.79 Å². The maximum Gasteiger partial charge on any atom is 0.305 e. The van der Waals surface area contributed by atoms with Crippen LogP contribution in [0.5, 0.6) is 0 Å². The Hall–Kier alpha value is -1.58. The topological polar surface area (TPSA) is 51.2 Å². The van der Waals surface area contributed by atoms with E-state index in [9.17, 15) is 4.79 Å². The van der Waals surface area contributed by atoms with Crippen LogP contribution in [0.2, 0.25) is 0 Å². The number of pyridine rings is 1. The van der Waals surface area contributed by atoms with E-state index in [-0.39, 0.29) is 5.97 Å². The SMILES string of the molecule is CCOC(=O)CCCCc1ccc2c(n1)NCCCC2. The molecule has 0 aliphatic carbocycles. The number of rotatable bonds is 6. The number of fused-ring (bicyclic) bond motifs is 1. The lowest BCUT2D eigenvalue weighted by molar-refractivity contribution is -0.143. The fraction of sp³-hybridized carbons (Fsp3) is 0.625. The highest BCUT2D eigenvalue weighted by molar-refractivity contribution is 5.69. The highest BCUT2D eigenvalue weighted by atomic mass is 16.5. The van der Waals surface area contributed by atoms with Gasteiger partial charge in [-0.25, -0.2) is 4.98 Å². The normalized spacial score (nSPS) is 14.1. The quantitative estimate of drug-likeness (QED) is 0.640. The lowest BCUT2D eigenvalue weighted by Gasteiger charge is -2.09. The number of anilines is 1. The average Bonchev–Trinajstić information content (AvgIpc) is 2.68. The Balaban J connectivity index is 1.79. The summed E-state index contributed by atoms with van der Waals surface area (Å²) in [6.07, 6.45) is 6.85. The maximum absolute atomic E-state index is 11.2. The molecule has 0 radical (unpaired) electrons. The summed E-state index contributed by atoms with van der Waals surface area (Å²) in [6, 6.07) is 4.32. The van der Waals surface area contributed by atoms with Crippen LogP contribution in [0.3, 0.4) is 0 Å². The van der Waals surface area contributed by atoms with Gasteiger partial charge in [-0.15, -0.1) is 0 Å². The smallest absolute Gasteiger partial charge is 0.305 e. The summed E-state index contributed by atoms with van der Waals surface area (Å²) in [5.41, 5.74) is 2.44. The fourth-order valence-corrected chi connectivity index (χ4v) is 2.48. The van der Waals surface area contributed by atoms with E-state index in [2.05, 4.69) is 17.4 Å². The third-order valence-electron chi connectivity index (χ3n) is 3.57. The molecular weight excluding hydrogens is 252 g/mol. The first-order valence-corrected chi connectivity index (χ1v) is 7.68. The average molecular weight is 276 g/mol. The van der Waals surface area contributed by atoms with E-state index in [1.807, 2.05) is 6.92 Å². The van der Waals surface area contributed by atoms with Gasteiger partial charge in [-0.05, 0) is 57.1 Å². The number of hydrogen-bond donors (Lipinski definition) is 1. The van der Waals surface area contributed by atoms with Crippen molar-refractivity contribution in [3.05, 3.63) is 23.4 Å². The standard InChI is InChI=1S/C16H24N2O2/c1-2-20-15(19)9-4-3-8-14-11-10-13-7-5-6-12-17-16(13)18-14/h10-11H,2-9,12H2,1H3,(H,17,18). The molecule has 0 saturated heterocycles. The number of hydrogen-bond acceptors (Lipinski definition) is 4. The van der Waals surface area contributed by atoms with Crippen LogP contribution in [0.4, 0.5) is 5.82 Å². The van der Waals surface area contributed by atoms with E-state index in [0.29, 0.717) is 13.0 Å². The predicted octanol–water partition coefficient (Wildman–Crippen LogP) is 3.11. The van der Waals surface area contributed by atoms with Gasteiger partial charge in [0.05, 0.1) is 6.61 Å². The number of aromatic nitrogens is 1. The Morgan fingerprint density at radius 3 is 3.10 bits per heavy atom. The molecule has 0 fully saturated rings. The van der Waals surface area contributed by atoms with E-state index < -0.39 is 0 Å². The molecule has 1 aliphatic rings. The molecule has 0 unspecified atom stereocenters. The Morgan fingerprint density at radius 1 is 1.35 bits per heavy atom. The molecule has 0 aromatic carbocycles. The maximum atomic E-state index is 11.2. The largest absolute Gasteiger partial charge is 0.466 e. The van der Waals surface area contributed by atoms with E-state index >= 15 is 0 Å². The van der Waals surface area contributed by atoms with Crippen molar-refractivity contribution in [3.8, 4) is 0 Å². The second-order valence-corrected chi connectivity index (χ2v) is 5.21. The van der Waals surface area contributed by atoms with Crippen molar-refractivity contribution < 1.29 is 9.53 Å². The number of nitrogens with one attached hydrogen (secondary N) is 1. The van der Waals surface area contributed by atoms with Crippen molar-refractivity contribution >= 4 is 11.8 Å². The van der Waals surface area contributed by atoms with Crippen molar-refractivity contribution in [3.63, 3.8) is 0 Å². The molecule has 2 heterocycles. The molecule has 1 aromatic rings. The van der Waals surface area contributed by atoms with Crippen LogP contribution >= 0.6 is 0 Å². The Kier molecular flexibility index (Phi) is 5.84.